The Bertz CT molecular complexity index is 267. The van der Waals surface area contributed by atoms with Gasteiger partial charge in [-0.3, -0.25) is 4.79 Å². The van der Waals surface area contributed by atoms with E-state index in [0.717, 1.165) is 12.8 Å². The van der Waals surface area contributed by atoms with Crippen LogP contribution < -0.4 is 0 Å². The lowest BCUT2D eigenvalue weighted by molar-refractivity contribution is -0.173. The van der Waals surface area contributed by atoms with Crippen LogP contribution in [0.15, 0.2) is 0 Å². The number of rotatable bonds is 6. The first-order valence-electron chi connectivity index (χ1n) is 7.08. The second-order valence-corrected chi connectivity index (χ2v) is 5.05. The maximum Gasteiger partial charge on any atom is 0.311 e. The highest BCUT2D eigenvalue weighted by molar-refractivity contribution is 5.73. The van der Waals surface area contributed by atoms with E-state index in [0.29, 0.717) is 32.5 Å². The Balaban J connectivity index is 2.78. The Morgan fingerprint density at radius 1 is 1.50 bits per heavy atom. The van der Waals surface area contributed by atoms with Gasteiger partial charge in [0.15, 0.2) is 0 Å². The molecule has 0 aliphatic carbocycles. The van der Waals surface area contributed by atoms with Gasteiger partial charge in [0, 0.05) is 19.4 Å². The molecule has 1 rings (SSSR count). The fourth-order valence-corrected chi connectivity index (χ4v) is 2.67. The molecule has 3 atom stereocenters. The third-order valence-corrected chi connectivity index (χ3v) is 3.72. The van der Waals surface area contributed by atoms with Crippen LogP contribution in [0.3, 0.4) is 0 Å². The number of carbonyl (C=O) groups is 1. The predicted octanol–water partition coefficient (Wildman–Crippen LogP) is 2.29. The van der Waals surface area contributed by atoms with Gasteiger partial charge < -0.3 is 14.6 Å². The summed E-state index contributed by atoms with van der Waals surface area (Å²) in [6.07, 6.45) is 3.51. The number of aliphatic hydroxyl groups is 1. The average molecular weight is 258 g/mol. The molecule has 3 unspecified atom stereocenters. The molecule has 1 N–H and O–H groups in total. The Kier molecular flexibility index (Phi) is 6.09. The minimum atomic E-state index is -0.957. The summed E-state index contributed by atoms with van der Waals surface area (Å²) >= 11 is 0. The van der Waals surface area contributed by atoms with Gasteiger partial charge in [-0.25, -0.2) is 0 Å². The van der Waals surface area contributed by atoms with Crippen molar-refractivity contribution in [3.8, 4) is 0 Å². The van der Waals surface area contributed by atoms with Gasteiger partial charge in [-0.2, -0.15) is 0 Å². The van der Waals surface area contributed by atoms with Crippen molar-refractivity contribution in [2.45, 2.75) is 64.6 Å². The minimum absolute atomic E-state index is 0.0533. The lowest BCUT2D eigenvalue weighted by atomic mass is 9.76. The highest BCUT2D eigenvalue weighted by Crippen LogP contribution is 2.36. The van der Waals surface area contributed by atoms with Crippen molar-refractivity contribution in [1.29, 1.82) is 0 Å². The van der Waals surface area contributed by atoms with E-state index >= 15 is 0 Å². The third-order valence-electron chi connectivity index (χ3n) is 3.72. The van der Waals surface area contributed by atoms with Crippen LogP contribution in [0.5, 0.6) is 0 Å². The smallest absolute Gasteiger partial charge is 0.311 e. The summed E-state index contributed by atoms with van der Waals surface area (Å²) in [7, 11) is 0. The van der Waals surface area contributed by atoms with Gasteiger partial charge in [-0.05, 0) is 19.8 Å². The molecule has 0 aromatic rings. The van der Waals surface area contributed by atoms with Crippen molar-refractivity contribution >= 4 is 5.97 Å². The molecule has 1 heterocycles. The topological polar surface area (TPSA) is 55.8 Å². The molecule has 1 saturated heterocycles. The highest BCUT2D eigenvalue weighted by Gasteiger charge is 2.45. The minimum Gasteiger partial charge on any atom is -0.466 e. The predicted molar refractivity (Wildman–Crippen MR) is 69.2 cm³/mol. The fraction of sp³-hybridized carbons (Fsp3) is 0.929. The quantitative estimate of drug-likeness (QED) is 0.743. The van der Waals surface area contributed by atoms with Crippen LogP contribution in [-0.4, -0.2) is 36.0 Å². The zero-order valence-electron chi connectivity index (χ0n) is 11.8. The van der Waals surface area contributed by atoms with Crippen molar-refractivity contribution in [3.63, 3.8) is 0 Å². The van der Waals surface area contributed by atoms with Gasteiger partial charge in [-0.15, -0.1) is 0 Å². The second-order valence-electron chi connectivity index (χ2n) is 5.05. The summed E-state index contributed by atoms with van der Waals surface area (Å²) in [5.41, 5.74) is -0.957. The standard InChI is InChI=1S/C14H26O4/c1-4-7-12(13(15)17-6-3)14(16)8-9-18-11(5-2)10-14/h11-12,16H,4-10H2,1-3H3. The summed E-state index contributed by atoms with van der Waals surface area (Å²) in [4.78, 5) is 12.0. The van der Waals surface area contributed by atoms with E-state index < -0.39 is 11.5 Å². The Labute approximate surface area is 110 Å². The first kappa shape index (κ1) is 15.4. The molecule has 18 heavy (non-hydrogen) atoms. The lowest BCUT2D eigenvalue weighted by Gasteiger charge is -2.41. The van der Waals surface area contributed by atoms with Crippen LogP contribution in [-0.2, 0) is 14.3 Å². The van der Waals surface area contributed by atoms with E-state index in [9.17, 15) is 9.90 Å². The molecule has 0 aromatic carbocycles. The number of esters is 1. The summed E-state index contributed by atoms with van der Waals surface area (Å²) in [5, 5.41) is 10.8. The van der Waals surface area contributed by atoms with Crippen LogP contribution in [0, 0.1) is 5.92 Å². The SMILES string of the molecule is CCCC(C(=O)OCC)C1(O)CCOC(CC)C1. The van der Waals surface area contributed by atoms with E-state index in [1.54, 1.807) is 6.92 Å². The molecule has 0 spiro atoms. The van der Waals surface area contributed by atoms with Gasteiger partial charge in [-0.1, -0.05) is 20.3 Å². The van der Waals surface area contributed by atoms with Crippen molar-refractivity contribution in [1.82, 2.24) is 0 Å². The molecule has 106 valence electrons. The van der Waals surface area contributed by atoms with Gasteiger partial charge in [0.2, 0.25) is 0 Å². The maximum absolute atomic E-state index is 12.0. The van der Waals surface area contributed by atoms with Gasteiger partial charge in [0.25, 0.3) is 0 Å². The largest absolute Gasteiger partial charge is 0.466 e. The zero-order chi connectivity index (χ0) is 13.6. The molecule has 1 aliphatic heterocycles. The summed E-state index contributed by atoms with van der Waals surface area (Å²) in [5.74, 6) is -0.681. The van der Waals surface area contributed by atoms with Gasteiger partial charge >= 0.3 is 5.97 Å². The molecule has 0 radical (unpaired) electrons. The van der Waals surface area contributed by atoms with Crippen molar-refractivity contribution in [2.75, 3.05) is 13.2 Å². The number of carbonyl (C=O) groups excluding carboxylic acids is 1. The molecular weight excluding hydrogens is 232 g/mol. The van der Waals surface area contributed by atoms with Crippen LogP contribution in [0.2, 0.25) is 0 Å². The van der Waals surface area contributed by atoms with Crippen molar-refractivity contribution in [3.05, 3.63) is 0 Å². The summed E-state index contributed by atoms with van der Waals surface area (Å²) in [6, 6.07) is 0. The van der Waals surface area contributed by atoms with Gasteiger partial charge in [0.1, 0.15) is 0 Å². The maximum atomic E-state index is 12.0. The fourth-order valence-electron chi connectivity index (χ4n) is 2.67. The van der Waals surface area contributed by atoms with Crippen LogP contribution in [0.4, 0.5) is 0 Å². The van der Waals surface area contributed by atoms with E-state index in [4.69, 9.17) is 9.47 Å². The first-order valence-corrected chi connectivity index (χ1v) is 7.08. The normalized spacial score (nSPS) is 29.9. The van der Waals surface area contributed by atoms with Crippen LogP contribution >= 0.6 is 0 Å². The highest BCUT2D eigenvalue weighted by atomic mass is 16.5. The summed E-state index contributed by atoms with van der Waals surface area (Å²) in [6.45, 7) is 6.74. The van der Waals surface area contributed by atoms with Crippen molar-refractivity contribution in [2.24, 2.45) is 5.92 Å². The Morgan fingerprint density at radius 3 is 2.78 bits per heavy atom. The molecule has 0 aromatic heterocycles. The zero-order valence-corrected chi connectivity index (χ0v) is 11.8. The van der Waals surface area contributed by atoms with E-state index in [1.807, 2.05) is 13.8 Å². The lowest BCUT2D eigenvalue weighted by Crippen LogP contribution is -2.49. The third kappa shape index (κ3) is 3.69. The van der Waals surface area contributed by atoms with Crippen LogP contribution in [0.25, 0.3) is 0 Å². The summed E-state index contributed by atoms with van der Waals surface area (Å²) < 4.78 is 10.7. The number of hydrogen-bond donors (Lipinski definition) is 1. The molecule has 0 amide bonds. The molecule has 1 aliphatic rings. The molecular formula is C14H26O4. The Hall–Kier alpha value is -0.610. The molecule has 0 saturated carbocycles. The second kappa shape index (κ2) is 7.10. The Morgan fingerprint density at radius 2 is 2.22 bits per heavy atom. The molecule has 4 nitrogen and oxygen atoms in total. The molecule has 1 fully saturated rings. The first-order chi connectivity index (χ1) is 8.57. The van der Waals surface area contributed by atoms with E-state index in [-0.39, 0.29) is 12.1 Å². The van der Waals surface area contributed by atoms with Gasteiger partial charge in [0.05, 0.1) is 24.2 Å². The molecule has 0 bridgehead atoms. The average Bonchev–Trinajstić information content (AvgIpc) is 2.36. The van der Waals surface area contributed by atoms with E-state index in [2.05, 4.69) is 0 Å². The van der Waals surface area contributed by atoms with E-state index in [1.165, 1.54) is 0 Å². The number of ether oxygens (including phenoxy) is 2. The van der Waals surface area contributed by atoms with Crippen molar-refractivity contribution < 1.29 is 19.4 Å². The molecule has 4 heteroatoms. The van der Waals surface area contributed by atoms with Crippen LogP contribution in [0.1, 0.15) is 52.9 Å². The number of hydrogen-bond acceptors (Lipinski definition) is 4. The monoisotopic (exact) mass is 258 g/mol.